The maximum Gasteiger partial charge on any atom is 0.326 e. The Morgan fingerprint density at radius 2 is 1.88 bits per heavy atom. The van der Waals surface area contributed by atoms with Crippen LogP contribution >= 0.6 is 11.8 Å². The molecule has 1 aromatic heterocycles. The topological polar surface area (TPSA) is 86.8 Å². The van der Waals surface area contributed by atoms with Crippen LogP contribution in [-0.2, 0) is 4.74 Å². The number of urea groups is 1. The molecule has 0 saturated carbocycles. The molecular formula is C23H29N5O3S. The third-order valence-corrected chi connectivity index (χ3v) is 6.51. The number of hydrogen-bond donors (Lipinski definition) is 2. The number of aromatic nitrogens is 1. The van der Waals surface area contributed by atoms with Crippen molar-refractivity contribution in [1.29, 1.82) is 0 Å². The van der Waals surface area contributed by atoms with Crippen LogP contribution in [0.4, 0.5) is 16.2 Å². The molecule has 0 unspecified atom stereocenters. The number of thioether (sulfide) groups is 1. The lowest BCUT2D eigenvalue weighted by atomic mass is 10.2. The predicted molar refractivity (Wildman–Crippen MR) is 127 cm³/mol. The number of anilines is 2. The monoisotopic (exact) mass is 455 g/mol. The summed E-state index contributed by atoms with van der Waals surface area (Å²) in [7, 11) is 0. The Labute approximate surface area is 192 Å². The summed E-state index contributed by atoms with van der Waals surface area (Å²) in [6, 6.07) is 8.79. The Bertz CT molecular complexity index is 976. The van der Waals surface area contributed by atoms with E-state index in [1.165, 1.54) is 0 Å². The second kappa shape index (κ2) is 10.3. The van der Waals surface area contributed by atoms with Crippen LogP contribution in [0.1, 0.15) is 21.6 Å². The minimum atomic E-state index is -0.192. The van der Waals surface area contributed by atoms with Gasteiger partial charge in [-0.15, -0.1) is 11.8 Å². The number of rotatable bonds is 5. The fraction of sp³-hybridized carbons (Fsp3) is 0.435. The van der Waals surface area contributed by atoms with Gasteiger partial charge in [-0.2, -0.15) is 0 Å². The van der Waals surface area contributed by atoms with Crippen molar-refractivity contribution in [2.24, 2.45) is 0 Å². The fourth-order valence-electron chi connectivity index (χ4n) is 3.92. The Kier molecular flexibility index (Phi) is 7.29. The molecule has 3 amide bonds. The molecule has 0 atom stereocenters. The number of carbonyl (C=O) groups excluding carboxylic acids is 2. The Morgan fingerprint density at radius 1 is 1.12 bits per heavy atom. The summed E-state index contributed by atoms with van der Waals surface area (Å²) in [5, 5.41) is 6.80. The van der Waals surface area contributed by atoms with Gasteiger partial charge in [-0.1, -0.05) is 0 Å². The largest absolute Gasteiger partial charge is 0.379 e. The highest BCUT2D eigenvalue weighted by atomic mass is 32.2. The molecule has 2 aliphatic heterocycles. The number of hydrogen-bond acceptors (Lipinski definition) is 6. The highest BCUT2D eigenvalue weighted by Crippen LogP contribution is 2.36. The van der Waals surface area contributed by atoms with Crippen molar-refractivity contribution in [1.82, 2.24) is 15.2 Å². The number of pyridine rings is 1. The molecule has 2 aromatic rings. The Morgan fingerprint density at radius 3 is 2.62 bits per heavy atom. The fourth-order valence-corrected chi connectivity index (χ4v) is 5.01. The Hall–Kier alpha value is -2.62. The molecule has 8 nitrogen and oxygen atoms in total. The van der Waals surface area contributed by atoms with Crippen molar-refractivity contribution in [2.45, 2.75) is 18.9 Å². The van der Waals surface area contributed by atoms with Gasteiger partial charge in [0.05, 0.1) is 18.9 Å². The van der Waals surface area contributed by atoms with Crippen molar-refractivity contribution in [3.8, 4) is 0 Å². The minimum Gasteiger partial charge on any atom is -0.379 e. The van der Waals surface area contributed by atoms with Gasteiger partial charge in [0.2, 0.25) is 0 Å². The summed E-state index contributed by atoms with van der Waals surface area (Å²) in [6.07, 6.45) is 0. The van der Waals surface area contributed by atoms with Crippen LogP contribution in [0.2, 0.25) is 0 Å². The smallest absolute Gasteiger partial charge is 0.326 e. The first kappa shape index (κ1) is 22.6. The van der Waals surface area contributed by atoms with Crippen molar-refractivity contribution in [3.63, 3.8) is 0 Å². The van der Waals surface area contributed by atoms with E-state index >= 15 is 0 Å². The van der Waals surface area contributed by atoms with E-state index in [4.69, 9.17) is 4.74 Å². The van der Waals surface area contributed by atoms with Crippen LogP contribution in [0.5, 0.6) is 0 Å². The summed E-state index contributed by atoms with van der Waals surface area (Å²) in [5.41, 5.74) is 4.09. The average Bonchev–Trinajstić information content (AvgIpc) is 2.79. The highest BCUT2D eigenvalue weighted by Gasteiger charge is 2.26. The summed E-state index contributed by atoms with van der Waals surface area (Å²) in [4.78, 5) is 34.0. The molecule has 0 spiro atoms. The molecule has 3 heterocycles. The van der Waals surface area contributed by atoms with Crippen LogP contribution in [0.3, 0.4) is 0 Å². The molecule has 170 valence electrons. The van der Waals surface area contributed by atoms with E-state index in [-0.39, 0.29) is 11.9 Å². The molecular weight excluding hydrogens is 426 g/mol. The number of nitrogens with zero attached hydrogens (tertiary/aromatic N) is 3. The van der Waals surface area contributed by atoms with Crippen LogP contribution in [0.25, 0.3) is 0 Å². The first-order valence-electron chi connectivity index (χ1n) is 10.9. The van der Waals surface area contributed by atoms with E-state index < -0.39 is 0 Å². The molecule has 0 bridgehead atoms. The van der Waals surface area contributed by atoms with Crippen molar-refractivity contribution >= 4 is 35.1 Å². The van der Waals surface area contributed by atoms with E-state index in [2.05, 4.69) is 20.5 Å². The molecule has 0 aliphatic carbocycles. The zero-order chi connectivity index (χ0) is 22.5. The number of morpholine rings is 1. The summed E-state index contributed by atoms with van der Waals surface area (Å²) < 4.78 is 5.34. The number of nitrogens with one attached hydrogen (secondary N) is 2. The first-order valence-corrected chi connectivity index (χ1v) is 11.9. The standard InChI is InChI=1S/C23H29N5O3S/c1-16-15-17(2)25-22-20(16)28(11-14-32-22)23(30)26-19-5-3-18(4-6-19)21(29)24-7-8-27-9-12-31-13-10-27/h3-6,15H,7-14H2,1-2H3,(H,24,29)(H,26,30). The summed E-state index contributed by atoms with van der Waals surface area (Å²) in [5.74, 6) is 0.690. The first-order chi connectivity index (χ1) is 15.5. The zero-order valence-electron chi connectivity index (χ0n) is 18.5. The second-order valence-electron chi connectivity index (χ2n) is 7.95. The lowest BCUT2D eigenvalue weighted by Gasteiger charge is -2.30. The number of aryl methyl sites for hydroxylation is 2. The number of amides is 3. The van der Waals surface area contributed by atoms with E-state index in [1.54, 1.807) is 40.9 Å². The predicted octanol–water partition coefficient (Wildman–Crippen LogP) is 2.90. The number of fused-ring (bicyclic) bond motifs is 1. The quantitative estimate of drug-likeness (QED) is 0.721. The van der Waals surface area contributed by atoms with Gasteiger partial charge in [-0.05, 0) is 49.7 Å². The zero-order valence-corrected chi connectivity index (χ0v) is 19.3. The van der Waals surface area contributed by atoms with E-state index in [0.29, 0.717) is 24.3 Å². The van der Waals surface area contributed by atoms with Gasteiger partial charge in [0.1, 0.15) is 5.03 Å². The van der Waals surface area contributed by atoms with Crippen molar-refractivity contribution in [3.05, 3.63) is 47.2 Å². The van der Waals surface area contributed by atoms with Gasteiger partial charge < -0.3 is 15.4 Å². The molecule has 4 rings (SSSR count). The number of benzene rings is 1. The molecule has 32 heavy (non-hydrogen) atoms. The summed E-state index contributed by atoms with van der Waals surface area (Å²) >= 11 is 1.68. The van der Waals surface area contributed by atoms with Crippen LogP contribution in [-0.4, -0.2) is 73.5 Å². The molecule has 1 fully saturated rings. The number of ether oxygens (including phenoxy) is 1. The molecule has 1 saturated heterocycles. The van der Waals surface area contributed by atoms with E-state index in [0.717, 1.165) is 60.6 Å². The van der Waals surface area contributed by atoms with Gasteiger partial charge >= 0.3 is 6.03 Å². The Balaban J connectivity index is 1.33. The third-order valence-electron chi connectivity index (χ3n) is 5.56. The van der Waals surface area contributed by atoms with E-state index in [9.17, 15) is 9.59 Å². The average molecular weight is 456 g/mol. The molecule has 2 aliphatic rings. The maximum atomic E-state index is 13.0. The summed E-state index contributed by atoms with van der Waals surface area (Å²) in [6.45, 7) is 9.30. The molecule has 0 radical (unpaired) electrons. The highest BCUT2D eigenvalue weighted by molar-refractivity contribution is 7.99. The molecule has 2 N–H and O–H groups in total. The molecule has 9 heteroatoms. The van der Waals surface area contributed by atoms with Crippen LogP contribution < -0.4 is 15.5 Å². The normalized spacial score (nSPS) is 16.4. The third kappa shape index (κ3) is 5.40. The van der Waals surface area contributed by atoms with Gasteiger partial charge in [-0.25, -0.2) is 9.78 Å². The lowest BCUT2D eigenvalue weighted by Crippen LogP contribution is -2.41. The van der Waals surface area contributed by atoms with Crippen molar-refractivity contribution in [2.75, 3.05) is 61.9 Å². The van der Waals surface area contributed by atoms with Crippen LogP contribution in [0, 0.1) is 13.8 Å². The minimum absolute atomic E-state index is 0.116. The van der Waals surface area contributed by atoms with Crippen molar-refractivity contribution < 1.29 is 14.3 Å². The number of carbonyl (C=O) groups is 2. The SMILES string of the molecule is Cc1cc(C)c2c(n1)SCCN2C(=O)Nc1ccc(C(=O)NCCN2CCOCC2)cc1. The van der Waals surface area contributed by atoms with E-state index in [1.807, 2.05) is 19.9 Å². The van der Waals surface area contributed by atoms with Crippen LogP contribution in [0.15, 0.2) is 35.4 Å². The van der Waals surface area contributed by atoms with Gasteiger partial charge in [0, 0.05) is 55.4 Å². The van der Waals surface area contributed by atoms with Gasteiger partial charge in [0.25, 0.3) is 5.91 Å². The van der Waals surface area contributed by atoms with Gasteiger partial charge in [-0.3, -0.25) is 14.6 Å². The lowest BCUT2D eigenvalue weighted by molar-refractivity contribution is 0.0383. The second-order valence-corrected chi connectivity index (χ2v) is 9.04. The van der Waals surface area contributed by atoms with Gasteiger partial charge in [0.15, 0.2) is 0 Å². The molecule has 1 aromatic carbocycles. The maximum absolute atomic E-state index is 13.0.